The van der Waals surface area contributed by atoms with Crippen LogP contribution in [-0.2, 0) is 21.2 Å². The first kappa shape index (κ1) is 20.1. The molecule has 0 saturated carbocycles. The number of ketones is 1. The Bertz CT molecular complexity index is 1040. The molecule has 0 atom stereocenters. The lowest BCUT2D eigenvalue weighted by Gasteiger charge is -2.18. The summed E-state index contributed by atoms with van der Waals surface area (Å²) in [6, 6.07) is 10.3. The van der Waals surface area contributed by atoms with Crippen molar-refractivity contribution in [1.29, 1.82) is 0 Å². The fourth-order valence-corrected chi connectivity index (χ4v) is 4.41. The molecule has 2 aromatic carbocycles. The number of ether oxygens (including phenoxy) is 1. The van der Waals surface area contributed by atoms with Gasteiger partial charge in [-0.05, 0) is 68.1 Å². The van der Waals surface area contributed by atoms with Gasteiger partial charge in [-0.2, -0.15) is 0 Å². The molecular formula is C21H23NO5S. The van der Waals surface area contributed by atoms with Gasteiger partial charge in [-0.25, -0.2) is 13.2 Å². The summed E-state index contributed by atoms with van der Waals surface area (Å²) in [5.74, 6) is -0.823. The van der Waals surface area contributed by atoms with E-state index in [4.69, 9.17) is 4.74 Å². The number of aryl methyl sites for hydroxylation is 1. The maximum Gasteiger partial charge on any atom is 0.338 e. The zero-order valence-electron chi connectivity index (χ0n) is 16.2. The Morgan fingerprint density at radius 1 is 1.14 bits per heavy atom. The van der Waals surface area contributed by atoms with Gasteiger partial charge in [0.25, 0.3) is 0 Å². The number of hydrogen-bond donors (Lipinski definition) is 0. The molecule has 28 heavy (non-hydrogen) atoms. The molecule has 0 aliphatic carbocycles. The molecule has 1 heterocycles. The summed E-state index contributed by atoms with van der Waals surface area (Å²) in [5, 5.41) is 0. The SMILES string of the molecule is CCS(=O)(=O)N1CCc2cc(C(=O)COC(=O)c3cccc(C)c3C)ccc21. The Labute approximate surface area is 165 Å². The summed E-state index contributed by atoms with van der Waals surface area (Å²) >= 11 is 0. The molecule has 0 bridgehead atoms. The molecule has 0 radical (unpaired) electrons. The molecule has 1 aliphatic rings. The van der Waals surface area contributed by atoms with E-state index in [1.807, 2.05) is 19.9 Å². The van der Waals surface area contributed by atoms with E-state index in [0.717, 1.165) is 16.7 Å². The summed E-state index contributed by atoms with van der Waals surface area (Å²) < 4.78 is 30.9. The number of Topliss-reactive ketones (excluding diaryl/α,β-unsaturated/α-hetero) is 1. The van der Waals surface area contributed by atoms with Crippen LogP contribution in [0.15, 0.2) is 36.4 Å². The van der Waals surface area contributed by atoms with Crippen LogP contribution in [0, 0.1) is 13.8 Å². The third-order valence-electron chi connectivity index (χ3n) is 5.11. The van der Waals surface area contributed by atoms with Crippen LogP contribution < -0.4 is 4.31 Å². The lowest BCUT2D eigenvalue weighted by atomic mass is 10.0. The maximum absolute atomic E-state index is 12.5. The Morgan fingerprint density at radius 3 is 2.61 bits per heavy atom. The molecule has 7 heteroatoms. The summed E-state index contributed by atoms with van der Waals surface area (Å²) in [4.78, 5) is 24.7. The number of sulfonamides is 1. The minimum Gasteiger partial charge on any atom is -0.454 e. The van der Waals surface area contributed by atoms with E-state index in [1.54, 1.807) is 37.3 Å². The third kappa shape index (κ3) is 3.80. The summed E-state index contributed by atoms with van der Waals surface area (Å²) in [7, 11) is -3.33. The van der Waals surface area contributed by atoms with Crippen LogP contribution >= 0.6 is 0 Å². The highest BCUT2D eigenvalue weighted by Gasteiger charge is 2.28. The molecule has 1 aliphatic heterocycles. The topological polar surface area (TPSA) is 80.8 Å². The third-order valence-corrected chi connectivity index (χ3v) is 6.89. The Morgan fingerprint density at radius 2 is 1.89 bits per heavy atom. The number of nitrogens with zero attached hydrogens (tertiary/aromatic N) is 1. The first-order chi connectivity index (χ1) is 13.2. The molecule has 3 rings (SSSR count). The van der Waals surface area contributed by atoms with Crippen LogP contribution in [0.4, 0.5) is 5.69 Å². The normalized spacial score (nSPS) is 13.3. The molecule has 0 amide bonds. The number of carbonyl (C=O) groups excluding carboxylic acids is 2. The van der Waals surface area contributed by atoms with Gasteiger partial charge in [0, 0.05) is 12.1 Å². The van der Waals surface area contributed by atoms with Crippen molar-refractivity contribution in [2.45, 2.75) is 27.2 Å². The van der Waals surface area contributed by atoms with Crippen LogP contribution in [0.2, 0.25) is 0 Å². The van der Waals surface area contributed by atoms with E-state index >= 15 is 0 Å². The van der Waals surface area contributed by atoms with Gasteiger partial charge < -0.3 is 4.74 Å². The number of carbonyl (C=O) groups is 2. The molecule has 2 aromatic rings. The van der Waals surface area contributed by atoms with Crippen molar-refractivity contribution in [2.24, 2.45) is 0 Å². The zero-order chi connectivity index (χ0) is 20.5. The zero-order valence-corrected chi connectivity index (χ0v) is 17.0. The van der Waals surface area contributed by atoms with Gasteiger partial charge in [-0.3, -0.25) is 9.10 Å². The number of rotatable bonds is 6. The van der Waals surface area contributed by atoms with Crippen molar-refractivity contribution < 1.29 is 22.7 Å². The van der Waals surface area contributed by atoms with Crippen molar-refractivity contribution in [3.05, 3.63) is 64.2 Å². The molecule has 0 fully saturated rings. The van der Waals surface area contributed by atoms with Gasteiger partial charge in [-0.1, -0.05) is 12.1 Å². The monoisotopic (exact) mass is 401 g/mol. The Kier molecular flexibility index (Phi) is 5.56. The summed E-state index contributed by atoms with van der Waals surface area (Å²) in [5.41, 5.74) is 4.08. The molecule has 0 aromatic heterocycles. The molecular weight excluding hydrogens is 378 g/mol. The van der Waals surface area contributed by atoms with Crippen LogP contribution in [-0.4, -0.2) is 39.1 Å². The van der Waals surface area contributed by atoms with Gasteiger partial charge >= 0.3 is 5.97 Å². The minimum atomic E-state index is -3.33. The highest BCUT2D eigenvalue weighted by atomic mass is 32.2. The second kappa shape index (κ2) is 7.75. The largest absolute Gasteiger partial charge is 0.454 e. The smallest absolute Gasteiger partial charge is 0.338 e. The summed E-state index contributed by atoms with van der Waals surface area (Å²) in [6.07, 6.45) is 0.554. The summed E-state index contributed by atoms with van der Waals surface area (Å²) in [6.45, 7) is 5.37. The van der Waals surface area contributed by atoms with E-state index in [-0.39, 0.29) is 18.1 Å². The predicted molar refractivity (Wildman–Crippen MR) is 107 cm³/mol. The van der Waals surface area contributed by atoms with E-state index in [2.05, 4.69) is 0 Å². The van der Waals surface area contributed by atoms with Crippen LogP contribution in [0.5, 0.6) is 0 Å². The first-order valence-corrected chi connectivity index (χ1v) is 10.8. The number of fused-ring (bicyclic) bond motifs is 1. The minimum absolute atomic E-state index is 0.0292. The highest BCUT2D eigenvalue weighted by Crippen LogP contribution is 2.31. The van der Waals surface area contributed by atoms with E-state index in [0.29, 0.717) is 29.8 Å². The van der Waals surface area contributed by atoms with Gasteiger partial charge in [-0.15, -0.1) is 0 Å². The first-order valence-electron chi connectivity index (χ1n) is 9.14. The van der Waals surface area contributed by atoms with Crippen molar-refractivity contribution in [1.82, 2.24) is 0 Å². The van der Waals surface area contributed by atoms with E-state index in [9.17, 15) is 18.0 Å². The van der Waals surface area contributed by atoms with E-state index in [1.165, 1.54) is 4.31 Å². The average Bonchev–Trinajstić information content (AvgIpc) is 3.12. The van der Waals surface area contributed by atoms with Gasteiger partial charge in [0.15, 0.2) is 12.4 Å². The van der Waals surface area contributed by atoms with Crippen LogP contribution in [0.3, 0.4) is 0 Å². The van der Waals surface area contributed by atoms with Gasteiger partial charge in [0.05, 0.1) is 17.0 Å². The molecule has 0 unspecified atom stereocenters. The van der Waals surface area contributed by atoms with Gasteiger partial charge in [0.2, 0.25) is 10.0 Å². The molecule has 6 nitrogen and oxygen atoms in total. The Hall–Kier alpha value is -2.67. The quantitative estimate of drug-likeness (QED) is 0.549. The van der Waals surface area contributed by atoms with Gasteiger partial charge in [0.1, 0.15) is 0 Å². The van der Waals surface area contributed by atoms with Crippen LogP contribution in [0.1, 0.15) is 44.3 Å². The lowest BCUT2D eigenvalue weighted by molar-refractivity contribution is 0.0474. The molecule has 148 valence electrons. The van der Waals surface area contributed by atoms with Crippen LogP contribution in [0.25, 0.3) is 0 Å². The van der Waals surface area contributed by atoms with E-state index < -0.39 is 16.0 Å². The molecule has 0 saturated heterocycles. The van der Waals surface area contributed by atoms with Crippen molar-refractivity contribution in [3.63, 3.8) is 0 Å². The number of hydrogen-bond acceptors (Lipinski definition) is 5. The lowest BCUT2D eigenvalue weighted by Crippen LogP contribution is -2.30. The molecule has 0 spiro atoms. The van der Waals surface area contributed by atoms with Crippen molar-refractivity contribution in [2.75, 3.05) is 23.2 Å². The van der Waals surface area contributed by atoms with Crippen molar-refractivity contribution >= 4 is 27.5 Å². The Balaban J connectivity index is 1.71. The average molecular weight is 401 g/mol. The number of benzene rings is 2. The fraction of sp³-hybridized carbons (Fsp3) is 0.333. The second-order valence-electron chi connectivity index (χ2n) is 6.81. The maximum atomic E-state index is 12.5. The molecule has 0 N–H and O–H groups in total. The number of anilines is 1. The number of esters is 1. The standard InChI is InChI=1S/C21H23NO5S/c1-4-28(25,26)22-11-10-16-12-17(8-9-19(16)22)20(23)13-27-21(24)18-7-5-6-14(2)15(18)3/h5-9,12H,4,10-11,13H2,1-3H3. The second-order valence-corrected chi connectivity index (χ2v) is 8.99. The predicted octanol–water partition coefficient (Wildman–Crippen LogP) is 3.06. The van der Waals surface area contributed by atoms with Crippen molar-refractivity contribution in [3.8, 4) is 0 Å². The fourth-order valence-electron chi connectivity index (χ4n) is 3.25. The highest BCUT2D eigenvalue weighted by molar-refractivity contribution is 7.92.